The summed E-state index contributed by atoms with van der Waals surface area (Å²) in [4.78, 5) is 54.8. The van der Waals surface area contributed by atoms with Crippen LogP contribution in [0.15, 0.2) is 83.4 Å². The standard InChI is InChI=1S/C37H35Cl2N3O5S2/c1-4-47-37(46)31-27-17-16-21(2)18-30(27)49-36(31)42-33(43)22(3)48-26-14-9-13-25(20-26)40-35(45)29(19-24-12-8-15-28(38)32(24)39)41-34(44)23-10-6-5-7-11-23/h5-15,19-22H,4,16-18H2,1-3H3,(H,40,45)(H,41,44)(H,42,43)/b29-19+. The molecule has 4 aromatic rings. The molecule has 0 fully saturated rings. The molecule has 2 atom stereocenters. The number of amides is 3. The summed E-state index contributed by atoms with van der Waals surface area (Å²) in [6.45, 7) is 5.98. The number of thiophene rings is 1. The van der Waals surface area contributed by atoms with Crippen LogP contribution in [-0.2, 0) is 27.2 Å². The molecule has 3 amide bonds. The van der Waals surface area contributed by atoms with Gasteiger partial charge in [-0.25, -0.2) is 4.79 Å². The van der Waals surface area contributed by atoms with Crippen LogP contribution in [0.2, 0.25) is 10.0 Å². The van der Waals surface area contributed by atoms with E-state index < -0.39 is 23.0 Å². The van der Waals surface area contributed by atoms with E-state index in [1.54, 1.807) is 80.6 Å². The summed E-state index contributed by atoms with van der Waals surface area (Å²) in [7, 11) is 0. The first-order chi connectivity index (χ1) is 23.5. The van der Waals surface area contributed by atoms with E-state index in [0.29, 0.717) is 38.3 Å². The molecule has 0 saturated carbocycles. The summed E-state index contributed by atoms with van der Waals surface area (Å²) >= 11 is 15.3. The van der Waals surface area contributed by atoms with Crippen molar-refractivity contribution in [3.63, 3.8) is 0 Å². The van der Waals surface area contributed by atoms with Crippen LogP contribution < -0.4 is 16.0 Å². The predicted molar refractivity (Wildman–Crippen MR) is 199 cm³/mol. The van der Waals surface area contributed by atoms with Crippen molar-refractivity contribution >= 4 is 86.8 Å². The van der Waals surface area contributed by atoms with Crippen LogP contribution in [0.4, 0.5) is 10.7 Å². The van der Waals surface area contributed by atoms with Crippen LogP contribution in [0, 0.1) is 5.92 Å². The SMILES string of the molecule is CCOC(=O)c1c(NC(=O)C(C)Sc2cccc(NC(=O)/C(=C\c3cccc(Cl)c3Cl)NC(=O)c3ccccc3)c2)sc2c1CCC(C)C2. The van der Waals surface area contributed by atoms with E-state index in [9.17, 15) is 19.2 Å². The largest absolute Gasteiger partial charge is 0.462 e. The van der Waals surface area contributed by atoms with E-state index in [-0.39, 0.29) is 23.2 Å². The van der Waals surface area contributed by atoms with Gasteiger partial charge >= 0.3 is 5.97 Å². The molecule has 1 aromatic heterocycles. The van der Waals surface area contributed by atoms with Gasteiger partial charge in [0.2, 0.25) is 5.91 Å². The molecule has 8 nitrogen and oxygen atoms in total. The van der Waals surface area contributed by atoms with Gasteiger partial charge in [0.05, 0.1) is 27.5 Å². The Balaban J connectivity index is 1.31. The third-order valence-corrected chi connectivity index (χ3v) is 10.9. The number of halogens is 2. The molecule has 0 radical (unpaired) electrons. The number of esters is 1. The number of hydrogen-bond acceptors (Lipinski definition) is 7. The van der Waals surface area contributed by atoms with Crippen molar-refractivity contribution in [3.8, 4) is 0 Å². The zero-order valence-corrected chi connectivity index (χ0v) is 30.2. The fraction of sp³-hybridized carbons (Fsp3) is 0.243. The highest BCUT2D eigenvalue weighted by atomic mass is 35.5. The second kappa shape index (κ2) is 16.5. The van der Waals surface area contributed by atoms with Gasteiger partial charge in [-0.2, -0.15) is 0 Å². The summed E-state index contributed by atoms with van der Waals surface area (Å²) < 4.78 is 5.34. The Morgan fingerprint density at radius 2 is 1.78 bits per heavy atom. The Labute approximate surface area is 303 Å². The molecule has 0 spiro atoms. The van der Waals surface area contributed by atoms with Crippen LogP contribution >= 0.6 is 46.3 Å². The van der Waals surface area contributed by atoms with Crippen molar-refractivity contribution in [2.24, 2.45) is 5.92 Å². The van der Waals surface area contributed by atoms with E-state index >= 15 is 0 Å². The maximum Gasteiger partial charge on any atom is 0.341 e. The monoisotopic (exact) mass is 735 g/mol. The second-order valence-electron chi connectivity index (χ2n) is 11.5. The van der Waals surface area contributed by atoms with Crippen LogP contribution in [-0.4, -0.2) is 35.5 Å². The predicted octanol–water partition coefficient (Wildman–Crippen LogP) is 8.89. The van der Waals surface area contributed by atoms with Gasteiger partial charge in [0.1, 0.15) is 10.7 Å². The van der Waals surface area contributed by atoms with Crippen LogP contribution in [0.5, 0.6) is 0 Å². The average Bonchev–Trinajstić information content (AvgIpc) is 3.43. The van der Waals surface area contributed by atoms with Crippen molar-refractivity contribution in [1.29, 1.82) is 0 Å². The lowest BCUT2D eigenvalue weighted by atomic mass is 9.88. The second-order valence-corrected chi connectivity index (χ2v) is 14.8. The van der Waals surface area contributed by atoms with Crippen LogP contribution in [0.1, 0.15) is 63.9 Å². The third-order valence-electron chi connectivity index (χ3n) is 7.81. The molecule has 1 heterocycles. The number of fused-ring (bicyclic) bond motifs is 1. The number of hydrogen-bond donors (Lipinski definition) is 3. The lowest BCUT2D eigenvalue weighted by Gasteiger charge is -2.18. The summed E-state index contributed by atoms with van der Waals surface area (Å²) in [6.07, 6.45) is 4.08. The molecule has 5 rings (SSSR count). The average molecular weight is 737 g/mol. The molecular weight excluding hydrogens is 701 g/mol. The highest BCUT2D eigenvalue weighted by Crippen LogP contribution is 2.40. The van der Waals surface area contributed by atoms with Crippen molar-refractivity contribution in [3.05, 3.63) is 116 Å². The molecule has 3 N–H and O–H groups in total. The molecule has 1 aliphatic carbocycles. The number of carbonyl (C=O) groups excluding carboxylic acids is 4. The van der Waals surface area contributed by atoms with E-state index in [2.05, 4.69) is 22.9 Å². The van der Waals surface area contributed by atoms with Crippen molar-refractivity contribution < 1.29 is 23.9 Å². The number of rotatable bonds is 11. The first kappa shape index (κ1) is 36.2. The van der Waals surface area contributed by atoms with Gasteiger partial charge in [0.15, 0.2) is 0 Å². The van der Waals surface area contributed by atoms with Crippen molar-refractivity contribution in [2.45, 2.75) is 50.2 Å². The van der Waals surface area contributed by atoms with Gasteiger partial charge in [0.25, 0.3) is 11.8 Å². The summed E-state index contributed by atoms with van der Waals surface area (Å²) in [5.74, 6) is -1.23. The highest BCUT2D eigenvalue weighted by molar-refractivity contribution is 8.00. The lowest BCUT2D eigenvalue weighted by molar-refractivity contribution is -0.115. The zero-order valence-electron chi connectivity index (χ0n) is 27.1. The summed E-state index contributed by atoms with van der Waals surface area (Å²) in [5.41, 5.74) is 2.66. The van der Waals surface area contributed by atoms with Crippen molar-refractivity contribution in [1.82, 2.24) is 5.32 Å². The number of anilines is 2. The number of benzene rings is 3. The molecule has 49 heavy (non-hydrogen) atoms. The van der Waals surface area contributed by atoms with Gasteiger partial charge in [-0.05, 0) is 92.6 Å². The quantitative estimate of drug-likeness (QED) is 0.0806. The maximum absolute atomic E-state index is 13.6. The summed E-state index contributed by atoms with van der Waals surface area (Å²) in [5, 5.41) is 9.04. The van der Waals surface area contributed by atoms with Crippen LogP contribution in [0.25, 0.3) is 6.08 Å². The molecule has 0 bridgehead atoms. The molecule has 0 saturated heterocycles. The normalized spacial score (nSPS) is 14.7. The Bertz CT molecular complexity index is 1910. The van der Waals surface area contributed by atoms with Gasteiger partial charge in [0, 0.05) is 21.0 Å². The van der Waals surface area contributed by atoms with Gasteiger partial charge in [-0.15, -0.1) is 23.1 Å². The Hall–Kier alpha value is -4.09. The van der Waals surface area contributed by atoms with Gasteiger partial charge in [-0.3, -0.25) is 14.4 Å². The fourth-order valence-electron chi connectivity index (χ4n) is 5.30. The number of nitrogens with one attached hydrogen (secondary N) is 3. The van der Waals surface area contributed by atoms with Gasteiger partial charge < -0.3 is 20.7 Å². The third kappa shape index (κ3) is 9.13. The maximum atomic E-state index is 13.6. The van der Waals surface area contributed by atoms with E-state index in [1.165, 1.54) is 29.2 Å². The summed E-state index contributed by atoms with van der Waals surface area (Å²) in [6, 6.07) is 20.6. The first-order valence-corrected chi connectivity index (χ1v) is 18.2. The number of carbonyl (C=O) groups is 4. The first-order valence-electron chi connectivity index (χ1n) is 15.8. The lowest BCUT2D eigenvalue weighted by Crippen LogP contribution is -2.30. The molecule has 1 aliphatic rings. The molecule has 254 valence electrons. The zero-order chi connectivity index (χ0) is 35.1. The number of thioether (sulfide) groups is 1. The van der Waals surface area contributed by atoms with Crippen molar-refractivity contribution in [2.75, 3.05) is 17.2 Å². The van der Waals surface area contributed by atoms with E-state index in [1.807, 2.05) is 6.07 Å². The minimum Gasteiger partial charge on any atom is -0.462 e. The number of ether oxygens (including phenoxy) is 1. The van der Waals surface area contributed by atoms with E-state index in [4.69, 9.17) is 27.9 Å². The minimum atomic E-state index is -0.587. The molecule has 3 aromatic carbocycles. The smallest absolute Gasteiger partial charge is 0.341 e. The topological polar surface area (TPSA) is 114 Å². The van der Waals surface area contributed by atoms with Gasteiger partial charge in [-0.1, -0.05) is 66.5 Å². The molecule has 12 heteroatoms. The fourth-order valence-corrected chi connectivity index (χ4v) is 8.00. The minimum absolute atomic E-state index is 0.0470. The highest BCUT2D eigenvalue weighted by Gasteiger charge is 2.30. The molecule has 2 unspecified atom stereocenters. The molecule has 0 aliphatic heterocycles. The molecular formula is C37H35Cl2N3O5S2. The van der Waals surface area contributed by atoms with Crippen LogP contribution in [0.3, 0.4) is 0 Å². The van der Waals surface area contributed by atoms with E-state index in [0.717, 1.165) is 34.6 Å². The Kier molecular flexibility index (Phi) is 12.2. The Morgan fingerprint density at radius 1 is 1.02 bits per heavy atom. The Morgan fingerprint density at radius 3 is 2.53 bits per heavy atom.